The smallest absolute Gasteiger partial charge is 0.306 e. The van der Waals surface area contributed by atoms with Crippen LogP contribution in [0.2, 0.25) is 0 Å². The molecule has 0 aliphatic rings. The van der Waals surface area contributed by atoms with Crippen molar-refractivity contribution in [2.24, 2.45) is 0 Å². The Kier molecular flexibility index (Phi) is 4.69. The molecule has 1 aromatic rings. The largest absolute Gasteiger partial charge is 0.469 e. The third-order valence-electron chi connectivity index (χ3n) is 2.04. The highest BCUT2D eigenvalue weighted by atomic mass is 32.2. The first-order valence-electron chi connectivity index (χ1n) is 4.92. The number of aryl methyl sites for hydroxylation is 1. The Morgan fingerprint density at radius 3 is 2.53 bits per heavy atom. The van der Waals surface area contributed by atoms with Crippen molar-refractivity contribution in [2.75, 3.05) is 7.11 Å². The van der Waals surface area contributed by atoms with Gasteiger partial charge in [0.15, 0.2) is 0 Å². The number of carbonyl (C=O) groups is 1. The van der Waals surface area contributed by atoms with Crippen LogP contribution in [0.1, 0.15) is 18.9 Å². The first-order valence-corrected chi connectivity index (χ1v) is 5.80. The molecule has 0 radical (unpaired) electrons. The van der Waals surface area contributed by atoms with Crippen molar-refractivity contribution in [2.45, 2.75) is 30.4 Å². The molecule has 1 rings (SSSR count). The summed E-state index contributed by atoms with van der Waals surface area (Å²) in [5.41, 5.74) is 1.25. The minimum Gasteiger partial charge on any atom is -0.469 e. The number of esters is 1. The highest BCUT2D eigenvalue weighted by Gasteiger charge is 2.10. The Hall–Kier alpha value is -0.960. The standard InChI is InChI=1S/C12H16O2S/c1-9-4-6-11(7-5-9)15-10(2)8-12(13)14-3/h4-7,10H,8H2,1-3H3. The molecule has 0 spiro atoms. The Labute approximate surface area is 95.0 Å². The van der Waals surface area contributed by atoms with Gasteiger partial charge in [0.25, 0.3) is 0 Å². The second-order valence-electron chi connectivity index (χ2n) is 3.52. The van der Waals surface area contributed by atoms with Gasteiger partial charge < -0.3 is 4.74 Å². The van der Waals surface area contributed by atoms with E-state index < -0.39 is 0 Å². The zero-order chi connectivity index (χ0) is 11.3. The summed E-state index contributed by atoms with van der Waals surface area (Å²) in [6.45, 7) is 4.09. The summed E-state index contributed by atoms with van der Waals surface area (Å²) in [4.78, 5) is 12.2. The van der Waals surface area contributed by atoms with E-state index in [-0.39, 0.29) is 11.2 Å². The molecular formula is C12H16O2S. The van der Waals surface area contributed by atoms with Gasteiger partial charge in [-0.3, -0.25) is 4.79 Å². The molecule has 0 heterocycles. The fraction of sp³-hybridized carbons (Fsp3) is 0.417. The molecule has 2 nitrogen and oxygen atoms in total. The van der Waals surface area contributed by atoms with Crippen molar-refractivity contribution < 1.29 is 9.53 Å². The maximum Gasteiger partial charge on any atom is 0.306 e. The molecule has 0 saturated carbocycles. The topological polar surface area (TPSA) is 26.3 Å². The zero-order valence-corrected chi connectivity index (χ0v) is 10.1. The van der Waals surface area contributed by atoms with E-state index in [0.717, 1.165) is 0 Å². The van der Waals surface area contributed by atoms with Crippen LogP contribution in [0.4, 0.5) is 0 Å². The van der Waals surface area contributed by atoms with Crippen molar-refractivity contribution in [1.29, 1.82) is 0 Å². The highest BCUT2D eigenvalue weighted by molar-refractivity contribution is 8.00. The van der Waals surface area contributed by atoms with Crippen molar-refractivity contribution >= 4 is 17.7 Å². The molecule has 0 aliphatic carbocycles. The molecule has 0 fully saturated rings. The molecule has 1 unspecified atom stereocenters. The molecule has 15 heavy (non-hydrogen) atoms. The summed E-state index contributed by atoms with van der Waals surface area (Å²) in [6, 6.07) is 8.31. The maximum atomic E-state index is 11.0. The van der Waals surface area contributed by atoms with E-state index in [9.17, 15) is 4.79 Å². The minimum atomic E-state index is -0.151. The molecule has 3 heteroatoms. The first kappa shape index (κ1) is 12.1. The monoisotopic (exact) mass is 224 g/mol. The molecule has 0 bridgehead atoms. The lowest BCUT2D eigenvalue weighted by atomic mass is 10.2. The van der Waals surface area contributed by atoms with Crippen molar-refractivity contribution in [3.8, 4) is 0 Å². The lowest BCUT2D eigenvalue weighted by Gasteiger charge is -2.09. The van der Waals surface area contributed by atoms with Gasteiger partial charge in [0.2, 0.25) is 0 Å². The average molecular weight is 224 g/mol. The number of thioether (sulfide) groups is 1. The zero-order valence-electron chi connectivity index (χ0n) is 9.32. The van der Waals surface area contributed by atoms with Crippen LogP contribution in [-0.4, -0.2) is 18.3 Å². The van der Waals surface area contributed by atoms with Crippen molar-refractivity contribution in [3.05, 3.63) is 29.8 Å². The van der Waals surface area contributed by atoms with Crippen LogP contribution in [0, 0.1) is 6.92 Å². The second-order valence-corrected chi connectivity index (χ2v) is 5.03. The third kappa shape index (κ3) is 4.38. The van der Waals surface area contributed by atoms with Gasteiger partial charge in [0.05, 0.1) is 13.5 Å². The van der Waals surface area contributed by atoms with Crippen molar-refractivity contribution in [3.63, 3.8) is 0 Å². The molecule has 1 atom stereocenters. The number of rotatable bonds is 4. The summed E-state index contributed by atoms with van der Waals surface area (Å²) >= 11 is 1.70. The third-order valence-corrected chi connectivity index (χ3v) is 3.15. The highest BCUT2D eigenvalue weighted by Crippen LogP contribution is 2.25. The summed E-state index contributed by atoms with van der Waals surface area (Å²) in [6.07, 6.45) is 0.453. The molecule has 0 saturated heterocycles. The Morgan fingerprint density at radius 1 is 1.40 bits per heavy atom. The van der Waals surface area contributed by atoms with Gasteiger partial charge in [0, 0.05) is 10.1 Å². The summed E-state index contributed by atoms with van der Waals surface area (Å²) in [5.74, 6) is -0.151. The number of ether oxygens (including phenoxy) is 1. The molecule has 0 aromatic heterocycles. The van der Waals surface area contributed by atoms with Gasteiger partial charge in [-0.05, 0) is 19.1 Å². The van der Waals surface area contributed by atoms with Gasteiger partial charge in [-0.2, -0.15) is 0 Å². The minimum absolute atomic E-state index is 0.151. The van der Waals surface area contributed by atoms with Crippen LogP contribution in [-0.2, 0) is 9.53 Å². The quantitative estimate of drug-likeness (QED) is 0.581. The molecule has 0 aliphatic heterocycles. The summed E-state index contributed by atoms with van der Waals surface area (Å²) in [5, 5.41) is 0.250. The van der Waals surface area contributed by atoms with Crippen LogP contribution in [0.3, 0.4) is 0 Å². The Balaban J connectivity index is 2.47. The SMILES string of the molecule is COC(=O)CC(C)Sc1ccc(C)cc1. The maximum absolute atomic E-state index is 11.0. The van der Waals surface area contributed by atoms with E-state index in [1.165, 1.54) is 17.6 Å². The van der Waals surface area contributed by atoms with Crippen LogP contribution >= 0.6 is 11.8 Å². The second kappa shape index (κ2) is 5.81. The molecular weight excluding hydrogens is 208 g/mol. The van der Waals surface area contributed by atoms with E-state index in [2.05, 4.69) is 35.9 Å². The molecule has 0 amide bonds. The van der Waals surface area contributed by atoms with E-state index in [1.807, 2.05) is 6.92 Å². The predicted octanol–water partition coefficient (Wildman–Crippen LogP) is 3.04. The lowest BCUT2D eigenvalue weighted by molar-refractivity contribution is -0.140. The van der Waals surface area contributed by atoms with E-state index >= 15 is 0 Å². The van der Waals surface area contributed by atoms with E-state index in [0.29, 0.717) is 6.42 Å². The van der Waals surface area contributed by atoms with Gasteiger partial charge >= 0.3 is 5.97 Å². The molecule has 1 aromatic carbocycles. The average Bonchev–Trinajstić information content (AvgIpc) is 2.21. The number of benzene rings is 1. The van der Waals surface area contributed by atoms with Gasteiger partial charge in [-0.1, -0.05) is 24.6 Å². The molecule has 0 N–H and O–H groups in total. The summed E-state index contributed by atoms with van der Waals surface area (Å²) < 4.78 is 4.63. The van der Waals surface area contributed by atoms with Crippen LogP contribution < -0.4 is 0 Å². The fourth-order valence-corrected chi connectivity index (χ4v) is 2.19. The number of carbonyl (C=O) groups excluding carboxylic acids is 1. The van der Waals surface area contributed by atoms with Crippen LogP contribution in [0.5, 0.6) is 0 Å². The normalized spacial score (nSPS) is 12.2. The molecule has 82 valence electrons. The Morgan fingerprint density at radius 2 is 2.00 bits per heavy atom. The van der Waals surface area contributed by atoms with E-state index in [1.54, 1.807) is 11.8 Å². The van der Waals surface area contributed by atoms with Gasteiger partial charge in [0.1, 0.15) is 0 Å². The number of hydrogen-bond acceptors (Lipinski definition) is 3. The van der Waals surface area contributed by atoms with Crippen molar-refractivity contribution in [1.82, 2.24) is 0 Å². The summed E-state index contributed by atoms with van der Waals surface area (Å²) in [7, 11) is 1.42. The number of hydrogen-bond donors (Lipinski definition) is 0. The lowest BCUT2D eigenvalue weighted by Crippen LogP contribution is -2.08. The predicted molar refractivity (Wildman–Crippen MR) is 63.1 cm³/mol. The van der Waals surface area contributed by atoms with E-state index in [4.69, 9.17) is 0 Å². The number of methoxy groups -OCH3 is 1. The van der Waals surface area contributed by atoms with Crippen LogP contribution in [0.25, 0.3) is 0 Å². The van der Waals surface area contributed by atoms with Gasteiger partial charge in [-0.25, -0.2) is 0 Å². The fourth-order valence-electron chi connectivity index (χ4n) is 1.21. The first-order chi connectivity index (χ1) is 7.11. The van der Waals surface area contributed by atoms with Crippen LogP contribution in [0.15, 0.2) is 29.2 Å². The van der Waals surface area contributed by atoms with Gasteiger partial charge in [-0.15, -0.1) is 11.8 Å². The Bertz CT molecular complexity index is 319.